The van der Waals surface area contributed by atoms with E-state index in [9.17, 15) is 5.11 Å². The molecule has 1 unspecified atom stereocenters. The van der Waals surface area contributed by atoms with Crippen molar-refractivity contribution in [3.63, 3.8) is 0 Å². The summed E-state index contributed by atoms with van der Waals surface area (Å²) in [5.41, 5.74) is 0.185. The molecule has 0 aromatic carbocycles. The fourth-order valence-corrected chi connectivity index (χ4v) is 1.84. The van der Waals surface area contributed by atoms with Crippen molar-refractivity contribution in [2.75, 3.05) is 0 Å². The Morgan fingerprint density at radius 2 is 2.14 bits per heavy atom. The molecule has 1 heterocycles. The minimum atomic E-state index is -0.744. The molecule has 0 radical (unpaired) electrons. The second kappa shape index (κ2) is 4.13. The molecular formula is C11H20N2O. The molecule has 14 heavy (non-hydrogen) atoms. The number of hydrogen-bond acceptors (Lipinski definition) is 2. The van der Waals surface area contributed by atoms with Crippen LogP contribution in [0.2, 0.25) is 0 Å². The summed E-state index contributed by atoms with van der Waals surface area (Å²) in [6.45, 7) is 8.92. The molecule has 1 rings (SSSR count). The first-order valence-electron chi connectivity index (χ1n) is 5.30. The maximum Gasteiger partial charge on any atom is 0.108 e. The molecule has 0 fully saturated rings. The molecule has 0 amide bonds. The van der Waals surface area contributed by atoms with E-state index < -0.39 is 5.60 Å². The Labute approximate surface area is 85.8 Å². The van der Waals surface area contributed by atoms with Crippen LogP contribution in [0.25, 0.3) is 0 Å². The van der Waals surface area contributed by atoms with Gasteiger partial charge in [0, 0.05) is 12.7 Å². The zero-order valence-corrected chi connectivity index (χ0v) is 9.49. The first-order valence-corrected chi connectivity index (χ1v) is 5.30. The molecule has 1 aromatic heterocycles. The molecule has 1 N–H and O–H groups in total. The number of aromatic nitrogens is 2. The van der Waals surface area contributed by atoms with Gasteiger partial charge in [0.05, 0.1) is 5.69 Å². The van der Waals surface area contributed by atoms with Crippen LogP contribution in [-0.4, -0.2) is 14.9 Å². The van der Waals surface area contributed by atoms with Gasteiger partial charge in [0.15, 0.2) is 0 Å². The monoisotopic (exact) mass is 196 g/mol. The average Bonchev–Trinajstić information content (AvgIpc) is 2.64. The van der Waals surface area contributed by atoms with Gasteiger partial charge in [-0.2, -0.15) is 5.10 Å². The van der Waals surface area contributed by atoms with E-state index in [4.69, 9.17) is 0 Å². The molecule has 80 valence electrons. The maximum absolute atomic E-state index is 10.5. The summed E-state index contributed by atoms with van der Waals surface area (Å²) in [5.74, 6) is 0.203. The molecular weight excluding hydrogens is 176 g/mol. The molecule has 1 aromatic rings. The Bertz CT molecular complexity index is 293. The number of rotatable bonds is 4. The van der Waals surface area contributed by atoms with E-state index in [1.54, 1.807) is 6.20 Å². The maximum atomic E-state index is 10.5. The topological polar surface area (TPSA) is 38.0 Å². The van der Waals surface area contributed by atoms with E-state index in [0.717, 1.165) is 18.7 Å². The summed E-state index contributed by atoms with van der Waals surface area (Å²) in [7, 11) is 0. The van der Waals surface area contributed by atoms with Crippen LogP contribution < -0.4 is 0 Å². The van der Waals surface area contributed by atoms with Crippen molar-refractivity contribution in [2.24, 2.45) is 5.92 Å². The average molecular weight is 196 g/mol. The summed E-state index contributed by atoms with van der Waals surface area (Å²) < 4.78 is 1.86. The quantitative estimate of drug-likeness (QED) is 0.801. The van der Waals surface area contributed by atoms with Crippen molar-refractivity contribution in [1.82, 2.24) is 9.78 Å². The van der Waals surface area contributed by atoms with Crippen LogP contribution in [0.5, 0.6) is 0 Å². The molecule has 3 nitrogen and oxygen atoms in total. The van der Waals surface area contributed by atoms with Crippen molar-refractivity contribution in [3.05, 3.63) is 18.0 Å². The van der Waals surface area contributed by atoms with Gasteiger partial charge in [0.2, 0.25) is 0 Å². The second-order valence-electron chi connectivity index (χ2n) is 3.96. The number of aliphatic hydroxyl groups is 1. The molecule has 0 saturated carbocycles. The van der Waals surface area contributed by atoms with Crippen molar-refractivity contribution in [2.45, 2.75) is 46.3 Å². The SMILES string of the molecule is CCn1nccc1C(O)(CC)C(C)C. The van der Waals surface area contributed by atoms with Crippen LogP contribution in [0.3, 0.4) is 0 Å². The Kier molecular flexibility index (Phi) is 3.32. The van der Waals surface area contributed by atoms with Crippen LogP contribution in [-0.2, 0) is 12.1 Å². The van der Waals surface area contributed by atoms with Crippen LogP contribution in [0, 0.1) is 5.92 Å². The lowest BCUT2D eigenvalue weighted by Crippen LogP contribution is -2.33. The standard InChI is InChI=1S/C11H20N2O/c1-5-11(14,9(3)4)10-7-8-12-13(10)6-2/h7-9,14H,5-6H2,1-4H3. The largest absolute Gasteiger partial charge is 0.383 e. The third-order valence-electron chi connectivity index (χ3n) is 2.95. The Hall–Kier alpha value is -0.830. The highest BCUT2D eigenvalue weighted by Gasteiger charge is 2.33. The van der Waals surface area contributed by atoms with Crippen molar-refractivity contribution in [1.29, 1.82) is 0 Å². The summed E-state index contributed by atoms with van der Waals surface area (Å²) in [4.78, 5) is 0. The van der Waals surface area contributed by atoms with Gasteiger partial charge in [-0.05, 0) is 25.3 Å². The van der Waals surface area contributed by atoms with Gasteiger partial charge in [0.25, 0.3) is 0 Å². The minimum Gasteiger partial charge on any atom is -0.383 e. The Morgan fingerprint density at radius 3 is 2.57 bits per heavy atom. The van der Waals surface area contributed by atoms with Gasteiger partial charge in [-0.1, -0.05) is 20.8 Å². The summed E-state index contributed by atoms with van der Waals surface area (Å²) >= 11 is 0. The van der Waals surface area contributed by atoms with E-state index >= 15 is 0 Å². The Balaban J connectivity index is 3.11. The van der Waals surface area contributed by atoms with E-state index in [1.807, 2.05) is 38.4 Å². The van der Waals surface area contributed by atoms with E-state index in [2.05, 4.69) is 5.10 Å². The van der Waals surface area contributed by atoms with Gasteiger partial charge < -0.3 is 5.11 Å². The van der Waals surface area contributed by atoms with Crippen molar-refractivity contribution >= 4 is 0 Å². The van der Waals surface area contributed by atoms with Crippen molar-refractivity contribution < 1.29 is 5.11 Å². The molecule has 0 bridgehead atoms. The van der Waals surface area contributed by atoms with Gasteiger partial charge in [0.1, 0.15) is 5.60 Å². The summed E-state index contributed by atoms with van der Waals surface area (Å²) in [6, 6.07) is 1.91. The summed E-state index contributed by atoms with van der Waals surface area (Å²) in [6.07, 6.45) is 2.47. The van der Waals surface area contributed by atoms with Gasteiger partial charge in [-0.25, -0.2) is 0 Å². The van der Waals surface area contributed by atoms with Crippen LogP contribution in [0.1, 0.15) is 39.8 Å². The normalized spacial score (nSPS) is 15.9. The highest BCUT2D eigenvalue weighted by atomic mass is 16.3. The lowest BCUT2D eigenvalue weighted by atomic mass is 9.84. The lowest BCUT2D eigenvalue weighted by Gasteiger charge is -2.31. The third kappa shape index (κ3) is 1.69. The molecule has 0 aliphatic heterocycles. The predicted molar refractivity (Wildman–Crippen MR) is 56.9 cm³/mol. The van der Waals surface area contributed by atoms with Crippen LogP contribution >= 0.6 is 0 Å². The summed E-state index contributed by atoms with van der Waals surface area (Å²) in [5, 5.41) is 14.7. The highest BCUT2D eigenvalue weighted by molar-refractivity contribution is 5.12. The molecule has 0 spiro atoms. The first kappa shape index (κ1) is 11.2. The van der Waals surface area contributed by atoms with E-state index in [0.29, 0.717) is 0 Å². The molecule has 0 aliphatic carbocycles. The number of hydrogen-bond donors (Lipinski definition) is 1. The number of nitrogens with zero attached hydrogens (tertiary/aromatic N) is 2. The predicted octanol–water partition coefficient (Wildman–Crippen LogP) is 2.16. The zero-order valence-electron chi connectivity index (χ0n) is 9.49. The van der Waals surface area contributed by atoms with Gasteiger partial charge >= 0.3 is 0 Å². The molecule has 1 atom stereocenters. The molecule has 3 heteroatoms. The lowest BCUT2D eigenvalue weighted by molar-refractivity contribution is -0.0220. The smallest absolute Gasteiger partial charge is 0.108 e. The van der Waals surface area contributed by atoms with E-state index in [1.165, 1.54) is 0 Å². The Morgan fingerprint density at radius 1 is 1.50 bits per heavy atom. The molecule has 0 saturated heterocycles. The van der Waals surface area contributed by atoms with E-state index in [-0.39, 0.29) is 5.92 Å². The highest BCUT2D eigenvalue weighted by Crippen LogP contribution is 2.32. The van der Waals surface area contributed by atoms with Gasteiger partial charge in [-0.3, -0.25) is 4.68 Å². The second-order valence-corrected chi connectivity index (χ2v) is 3.96. The fraction of sp³-hybridized carbons (Fsp3) is 0.727. The molecule has 0 aliphatic rings. The fourth-order valence-electron chi connectivity index (χ4n) is 1.84. The third-order valence-corrected chi connectivity index (χ3v) is 2.95. The zero-order chi connectivity index (χ0) is 10.8. The van der Waals surface area contributed by atoms with Crippen LogP contribution in [0.4, 0.5) is 0 Å². The van der Waals surface area contributed by atoms with Crippen LogP contribution in [0.15, 0.2) is 12.3 Å². The number of aryl methyl sites for hydroxylation is 1. The first-order chi connectivity index (χ1) is 6.56. The van der Waals surface area contributed by atoms with Gasteiger partial charge in [-0.15, -0.1) is 0 Å². The minimum absolute atomic E-state index is 0.203. The van der Waals surface area contributed by atoms with Crippen molar-refractivity contribution in [3.8, 4) is 0 Å².